The molecule has 0 saturated heterocycles. The predicted octanol–water partition coefficient (Wildman–Crippen LogP) is 3.43. The van der Waals surface area contributed by atoms with Gasteiger partial charge in [0.05, 0.1) is 0 Å². The molecule has 0 fully saturated rings. The molecule has 0 spiro atoms. The lowest BCUT2D eigenvalue weighted by Crippen LogP contribution is -2.36. The van der Waals surface area contributed by atoms with E-state index in [4.69, 9.17) is 0 Å². The van der Waals surface area contributed by atoms with Gasteiger partial charge in [0, 0.05) is 13.1 Å². The molecule has 2 aromatic heterocycles. The molecule has 0 atom stereocenters. The third kappa shape index (κ3) is 4.01. The Labute approximate surface area is 164 Å². The van der Waals surface area contributed by atoms with Crippen LogP contribution in [-0.2, 0) is 12.8 Å². The molecule has 142 valence electrons. The molecular weight excluding hydrogens is 348 g/mol. The van der Waals surface area contributed by atoms with E-state index in [2.05, 4.69) is 95.0 Å². The number of likely N-dealkylation sites (N-methyl/N-ethyl adjacent to an activating group) is 1. The van der Waals surface area contributed by atoms with Crippen molar-refractivity contribution in [1.82, 2.24) is 25.3 Å². The summed E-state index contributed by atoms with van der Waals surface area (Å²) in [7, 11) is 2.09. The number of tetrazole rings is 1. The van der Waals surface area contributed by atoms with E-state index in [-0.39, 0.29) is 6.04 Å². The molecule has 0 radical (unpaired) electrons. The first-order valence-electron chi connectivity index (χ1n) is 9.48. The van der Waals surface area contributed by atoms with Crippen molar-refractivity contribution in [1.29, 1.82) is 0 Å². The van der Waals surface area contributed by atoms with Gasteiger partial charge in [0.2, 0.25) is 0 Å². The van der Waals surface area contributed by atoms with Gasteiger partial charge in [-0.1, -0.05) is 59.7 Å². The van der Waals surface area contributed by atoms with Crippen molar-refractivity contribution in [3.05, 3.63) is 82.9 Å². The van der Waals surface area contributed by atoms with E-state index in [9.17, 15) is 0 Å². The third-order valence-corrected chi connectivity index (χ3v) is 5.15. The standard InChI is InChI=1S/C22H24N6/c1-16-4-8-18(9-5-16)14-20(15-19-10-6-17(2)7-11-19)27(3)22-13-12-21-23-25-26-28(21)24-22/h4-13,20H,14-15H2,1-3H3. The van der Waals surface area contributed by atoms with Gasteiger partial charge in [-0.3, -0.25) is 0 Å². The van der Waals surface area contributed by atoms with Crippen LogP contribution in [0.2, 0.25) is 0 Å². The van der Waals surface area contributed by atoms with E-state index in [0.29, 0.717) is 5.65 Å². The zero-order valence-electron chi connectivity index (χ0n) is 16.4. The second kappa shape index (κ2) is 7.76. The number of aryl methyl sites for hydroxylation is 2. The van der Waals surface area contributed by atoms with Gasteiger partial charge < -0.3 is 4.90 Å². The van der Waals surface area contributed by atoms with Crippen molar-refractivity contribution in [2.45, 2.75) is 32.7 Å². The Kier molecular flexibility index (Phi) is 5.02. The Morgan fingerprint density at radius 3 is 1.96 bits per heavy atom. The lowest BCUT2D eigenvalue weighted by atomic mass is 9.97. The molecule has 6 heteroatoms. The SMILES string of the molecule is Cc1ccc(CC(Cc2ccc(C)cc2)N(C)c2ccc3nnnn3n2)cc1. The maximum absolute atomic E-state index is 4.57. The summed E-state index contributed by atoms with van der Waals surface area (Å²) in [4.78, 5) is 2.22. The maximum atomic E-state index is 4.57. The molecule has 0 saturated carbocycles. The number of fused-ring (bicyclic) bond motifs is 1. The first-order chi connectivity index (χ1) is 13.6. The largest absolute Gasteiger partial charge is 0.355 e. The van der Waals surface area contributed by atoms with E-state index < -0.39 is 0 Å². The summed E-state index contributed by atoms with van der Waals surface area (Å²) in [5.41, 5.74) is 5.83. The molecule has 2 aromatic carbocycles. The van der Waals surface area contributed by atoms with Gasteiger partial charge in [0.15, 0.2) is 11.5 Å². The van der Waals surface area contributed by atoms with Crippen LogP contribution in [0.5, 0.6) is 0 Å². The highest BCUT2D eigenvalue weighted by Crippen LogP contribution is 2.20. The molecule has 0 bridgehead atoms. The Balaban J connectivity index is 1.63. The van der Waals surface area contributed by atoms with Crippen LogP contribution in [0.15, 0.2) is 60.7 Å². The van der Waals surface area contributed by atoms with Gasteiger partial charge in [0.1, 0.15) is 0 Å². The fourth-order valence-corrected chi connectivity index (χ4v) is 3.35. The van der Waals surface area contributed by atoms with Crippen LogP contribution in [0.1, 0.15) is 22.3 Å². The molecule has 0 aliphatic heterocycles. The van der Waals surface area contributed by atoms with Gasteiger partial charge in [-0.25, -0.2) is 0 Å². The van der Waals surface area contributed by atoms with Crippen LogP contribution >= 0.6 is 0 Å². The summed E-state index contributed by atoms with van der Waals surface area (Å²) in [6, 6.07) is 21.7. The number of rotatable bonds is 6. The minimum absolute atomic E-state index is 0.256. The molecular formula is C22H24N6. The van der Waals surface area contributed by atoms with E-state index in [1.807, 2.05) is 12.1 Å². The van der Waals surface area contributed by atoms with Crippen LogP contribution in [-0.4, -0.2) is 38.3 Å². The van der Waals surface area contributed by atoms with Gasteiger partial charge in [-0.2, -0.15) is 0 Å². The summed E-state index contributed by atoms with van der Waals surface area (Å²) in [5.74, 6) is 0.851. The zero-order chi connectivity index (χ0) is 19.5. The summed E-state index contributed by atoms with van der Waals surface area (Å²) in [6.07, 6.45) is 1.86. The Bertz CT molecular complexity index is 1010. The third-order valence-electron chi connectivity index (χ3n) is 5.15. The normalized spacial score (nSPS) is 11.3. The Morgan fingerprint density at radius 1 is 0.821 bits per heavy atom. The molecule has 0 aliphatic rings. The fourth-order valence-electron chi connectivity index (χ4n) is 3.35. The summed E-state index contributed by atoms with van der Waals surface area (Å²) < 4.78 is 1.47. The number of aromatic nitrogens is 5. The molecule has 28 heavy (non-hydrogen) atoms. The second-order valence-corrected chi connectivity index (χ2v) is 7.36. The van der Waals surface area contributed by atoms with E-state index in [1.165, 1.54) is 26.9 Å². The minimum Gasteiger partial charge on any atom is -0.355 e. The van der Waals surface area contributed by atoms with Crippen molar-refractivity contribution in [3.63, 3.8) is 0 Å². The molecule has 0 unspecified atom stereocenters. The van der Waals surface area contributed by atoms with Gasteiger partial charge >= 0.3 is 0 Å². The molecule has 0 aliphatic carbocycles. The zero-order valence-corrected chi connectivity index (χ0v) is 16.4. The van der Waals surface area contributed by atoms with Crippen LogP contribution in [0.4, 0.5) is 5.82 Å². The minimum atomic E-state index is 0.256. The number of hydrogen-bond acceptors (Lipinski definition) is 5. The lowest BCUT2D eigenvalue weighted by Gasteiger charge is -2.29. The lowest BCUT2D eigenvalue weighted by molar-refractivity contribution is 0.605. The monoisotopic (exact) mass is 372 g/mol. The molecule has 2 heterocycles. The number of benzene rings is 2. The van der Waals surface area contributed by atoms with Crippen LogP contribution < -0.4 is 4.90 Å². The maximum Gasteiger partial charge on any atom is 0.200 e. The van der Waals surface area contributed by atoms with Crippen LogP contribution in [0, 0.1) is 13.8 Å². The topological polar surface area (TPSA) is 59.2 Å². The number of hydrogen-bond donors (Lipinski definition) is 0. The summed E-state index contributed by atoms with van der Waals surface area (Å²) in [5, 5.41) is 16.1. The first-order valence-corrected chi connectivity index (χ1v) is 9.48. The fraction of sp³-hybridized carbons (Fsp3) is 0.273. The van der Waals surface area contributed by atoms with Crippen molar-refractivity contribution in [3.8, 4) is 0 Å². The van der Waals surface area contributed by atoms with Crippen molar-refractivity contribution in [2.24, 2.45) is 0 Å². The number of anilines is 1. The first kappa shape index (κ1) is 18.1. The van der Waals surface area contributed by atoms with E-state index in [1.54, 1.807) is 0 Å². The highest BCUT2D eigenvalue weighted by atomic mass is 15.6. The van der Waals surface area contributed by atoms with Crippen LogP contribution in [0.25, 0.3) is 5.65 Å². The van der Waals surface area contributed by atoms with Gasteiger partial charge in [0.25, 0.3) is 0 Å². The quantitative estimate of drug-likeness (QED) is 0.519. The van der Waals surface area contributed by atoms with Gasteiger partial charge in [-0.15, -0.1) is 14.8 Å². The predicted molar refractivity (Wildman–Crippen MR) is 111 cm³/mol. The van der Waals surface area contributed by atoms with Crippen molar-refractivity contribution >= 4 is 11.5 Å². The van der Waals surface area contributed by atoms with E-state index >= 15 is 0 Å². The van der Waals surface area contributed by atoms with Gasteiger partial charge in [-0.05, 0) is 60.4 Å². The molecule has 0 N–H and O–H groups in total. The second-order valence-electron chi connectivity index (χ2n) is 7.36. The summed E-state index contributed by atoms with van der Waals surface area (Å²) in [6.45, 7) is 4.23. The molecule has 4 rings (SSSR count). The van der Waals surface area contributed by atoms with Crippen LogP contribution in [0.3, 0.4) is 0 Å². The smallest absolute Gasteiger partial charge is 0.200 e. The molecule has 0 amide bonds. The average molecular weight is 372 g/mol. The van der Waals surface area contributed by atoms with Crippen molar-refractivity contribution < 1.29 is 0 Å². The number of nitrogens with zero attached hydrogens (tertiary/aromatic N) is 6. The Hall–Kier alpha value is -3.28. The Morgan fingerprint density at radius 2 is 1.39 bits per heavy atom. The highest BCUT2D eigenvalue weighted by Gasteiger charge is 2.19. The van der Waals surface area contributed by atoms with E-state index in [0.717, 1.165) is 18.7 Å². The highest BCUT2D eigenvalue weighted by molar-refractivity contribution is 5.45. The molecule has 4 aromatic rings. The summed E-state index contributed by atoms with van der Waals surface area (Å²) >= 11 is 0. The average Bonchev–Trinajstić information content (AvgIpc) is 3.18. The van der Waals surface area contributed by atoms with Crippen molar-refractivity contribution in [2.75, 3.05) is 11.9 Å². The molecule has 6 nitrogen and oxygen atoms in total.